The molecule has 1 N–H and O–H groups in total. The average Bonchev–Trinajstić information content (AvgIpc) is 2.18. The topological polar surface area (TPSA) is 20.2 Å². The highest BCUT2D eigenvalue weighted by Gasteiger charge is 1.92. The monoisotopic (exact) mass is 159 g/mol. The van der Waals surface area contributed by atoms with Gasteiger partial charge in [-0.2, -0.15) is 0 Å². The highest BCUT2D eigenvalue weighted by molar-refractivity contribution is 5.82. The summed E-state index contributed by atoms with van der Waals surface area (Å²) in [6.45, 7) is 0.352. The molecule has 0 spiro atoms. The Labute approximate surface area is 72.8 Å². The van der Waals surface area contributed by atoms with Crippen LogP contribution in [0.3, 0.4) is 0 Å². The molecule has 12 heavy (non-hydrogen) atoms. The molecular weight excluding hydrogens is 148 g/mol. The molecule has 0 aliphatic heterocycles. The predicted octanol–water partition coefficient (Wildman–Crippen LogP) is 2.33. The van der Waals surface area contributed by atoms with E-state index in [0.717, 1.165) is 5.56 Å². The Balaban J connectivity index is 2.49. The van der Waals surface area contributed by atoms with Crippen LogP contribution in [0, 0.1) is 0 Å². The van der Waals surface area contributed by atoms with Crippen molar-refractivity contribution in [2.24, 2.45) is 0 Å². The van der Waals surface area contributed by atoms with Gasteiger partial charge in [0.1, 0.15) is 0 Å². The van der Waals surface area contributed by atoms with Crippen LogP contribution in [-0.4, -0.2) is 6.54 Å². The zero-order chi connectivity index (χ0) is 9.10. The SMILES string of the molecule is [2H]OCc1ccc2ccccc2c1. The molecule has 0 saturated carbocycles. The Morgan fingerprint density at radius 3 is 2.75 bits per heavy atom. The van der Waals surface area contributed by atoms with Gasteiger partial charge in [-0.1, -0.05) is 36.4 Å². The van der Waals surface area contributed by atoms with Crippen molar-refractivity contribution in [2.75, 3.05) is 0 Å². The minimum Gasteiger partial charge on any atom is -0.392 e. The Morgan fingerprint density at radius 1 is 1.08 bits per heavy atom. The lowest BCUT2D eigenvalue weighted by Crippen LogP contribution is -1.81. The van der Waals surface area contributed by atoms with Gasteiger partial charge in [0.05, 0.1) is 6.61 Å². The first-order valence-electron chi connectivity index (χ1n) is 4.37. The molecule has 1 heteroatoms. The summed E-state index contributed by atoms with van der Waals surface area (Å²) in [4.78, 5) is 0. The third-order valence-corrected chi connectivity index (χ3v) is 1.98. The van der Waals surface area contributed by atoms with E-state index in [9.17, 15) is 0 Å². The van der Waals surface area contributed by atoms with E-state index in [1.807, 2.05) is 30.3 Å². The fourth-order valence-electron chi connectivity index (χ4n) is 1.33. The Morgan fingerprint density at radius 2 is 1.92 bits per heavy atom. The van der Waals surface area contributed by atoms with Crippen molar-refractivity contribution in [3.05, 3.63) is 48.0 Å². The first-order valence-corrected chi connectivity index (χ1v) is 3.96. The molecule has 2 aromatic carbocycles. The second-order valence-electron chi connectivity index (χ2n) is 2.83. The molecule has 1 nitrogen and oxygen atoms in total. The Hall–Kier alpha value is -1.34. The van der Waals surface area contributed by atoms with Crippen molar-refractivity contribution in [3.63, 3.8) is 0 Å². The lowest BCUT2D eigenvalue weighted by molar-refractivity contribution is 0.282. The standard InChI is InChI=1S/C11H10O/c12-8-9-5-6-10-3-1-2-4-11(10)7-9/h1-7,12H,8H2/i12D. The zero-order valence-electron chi connectivity index (χ0n) is 7.66. The van der Waals surface area contributed by atoms with Gasteiger partial charge in [0, 0.05) is 0 Å². The summed E-state index contributed by atoms with van der Waals surface area (Å²) < 4.78 is 6.65. The summed E-state index contributed by atoms with van der Waals surface area (Å²) >= 11 is 0. The van der Waals surface area contributed by atoms with Crippen LogP contribution in [0.1, 0.15) is 5.56 Å². The van der Waals surface area contributed by atoms with E-state index < -0.39 is 0 Å². The first kappa shape index (κ1) is 6.21. The van der Waals surface area contributed by atoms with Gasteiger partial charge < -0.3 is 5.11 Å². The average molecular weight is 159 g/mol. The van der Waals surface area contributed by atoms with Crippen LogP contribution in [0.25, 0.3) is 10.8 Å². The molecule has 0 bridgehead atoms. The second kappa shape index (κ2) is 2.95. The second-order valence-corrected chi connectivity index (χ2v) is 2.83. The molecule has 0 aliphatic rings. The summed E-state index contributed by atoms with van der Waals surface area (Å²) in [6, 6.07) is 14.2. The van der Waals surface area contributed by atoms with Crippen molar-refractivity contribution >= 4 is 10.8 Å². The van der Waals surface area contributed by atoms with Crippen LogP contribution in [-0.2, 0) is 6.61 Å². The molecule has 2 rings (SSSR count). The molecule has 0 aromatic heterocycles. The van der Waals surface area contributed by atoms with Crippen molar-refractivity contribution in [1.82, 2.24) is 0 Å². The van der Waals surface area contributed by atoms with Crippen LogP contribution in [0.2, 0.25) is 0 Å². The maximum Gasteiger partial charge on any atom is 0.211 e. The van der Waals surface area contributed by atoms with Crippen LogP contribution in [0.15, 0.2) is 42.5 Å². The zero-order valence-corrected chi connectivity index (χ0v) is 6.66. The van der Waals surface area contributed by atoms with Gasteiger partial charge in [0.15, 0.2) is 0 Å². The molecular formula is C11H10O. The molecule has 60 valence electrons. The van der Waals surface area contributed by atoms with Crippen molar-refractivity contribution in [1.29, 1.82) is 1.43 Å². The van der Waals surface area contributed by atoms with Gasteiger partial charge in [0.2, 0.25) is 1.43 Å². The van der Waals surface area contributed by atoms with Gasteiger partial charge in [-0.05, 0) is 22.4 Å². The summed E-state index contributed by atoms with van der Waals surface area (Å²) in [5, 5.41) is 6.74. The van der Waals surface area contributed by atoms with Gasteiger partial charge in [0.25, 0.3) is 0 Å². The maximum atomic E-state index is 6.65. The first-order chi connectivity index (χ1) is 6.40. The quantitative estimate of drug-likeness (QED) is 0.713. The Kier molecular flexibility index (Phi) is 1.53. The lowest BCUT2D eigenvalue weighted by atomic mass is 10.1. The summed E-state index contributed by atoms with van der Waals surface area (Å²) in [5.74, 6) is 0. The van der Waals surface area contributed by atoms with E-state index >= 15 is 0 Å². The largest absolute Gasteiger partial charge is 0.392 e. The molecule has 2 aromatic rings. The van der Waals surface area contributed by atoms with Gasteiger partial charge in [-0.15, -0.1) is 0 Å². The van der Waals surface area contributed by atoms with Crippen molar-refractivity contribution in [2.45, 2.75) is 6.61 Å². The fraction of sp³-hybridized carbons (Fsp3) is 0.0909. The molecule has 0 heterocycles. The molecule has 0 atom stereocenters. The molecule has 0 radical (unpaired) electrons. The third-order valence-electron chi connectivity index (χ3n) is 1.98. The van der Waals surface area contributed by atoms with Gasteiger partial charge in [-0.3, -0.25) is 0 Å². The number of rotatable bonds is 2. The van der Waals surface area contributed by atoms with E-state index in [-0.39, 0.29) is 0 Å². The van der Waals surface area contributed by atoms with Crippen LogP contribution < -0.4 is 0 Å². The summed E-state index contributed by atoms with van der Waals surface area (Å²) in [6.07, 6.45) is 0. The van der Waals surface area contributed by atoms with Crippen LogP contribution in [0.4, 0.5) is 0 Å². The number of fused-ring (bicyclic) bond motifs is 1. The van der Waals surface area contributed by atoms with E-state index in [0.29, 0.717) is 6.61 Å². The highest BCUT2D eigenvalue weighted by Crippen LogP contribution is 2.15. The number of hydrogen-bond acceptors (Lipinski definition) is 1. The lowest BCUT2D eigenvalue weighted by Gasteiger charge is -1.99. The van der Waals surface area contributed by atoms with Crippen LogP contribution in [0.5, 0.6) is 0 Å². The predicted molar refractivity (Wildman–Crippen MR) is 49.9 cm³/mol. The minimum atomic E-state index is 0.352. The third kappa shape index (κ3) is 1.19. The maximum absolute atomic E-state index is 6.65. The van der Waals surface area contributed by atoms with Crippen molar-refractivity contribution in [3.8, 4) is 0 Å². The smallest absolute Gasteiger partial charge is 0.211 e. The fourth-order valence-corrected chi connectivity index (χ4v) is 1.33. The molecule has 0 fully saturated rings. The summed E-state index contributed by atoms with van der Waals surface area (Å²) in [5.41, 5.74) is 1.04. The summed E-state index contributed by atoms with van der Waals surface area (Å²) in [7, 11) is 0. The van der Waals surface area contributed by atoms with E-state index in [2.05, 4.69) is 17.2 Å². The Bertz CT molecular complexity index is 412. The van der Waals surface area contributed by atoms with Gasteiger partial charge in [-0.25, -0.2) is 0 Å². The number of hydrogen-bond donors (Lipinski definition) is 1. The highest BCUT2D eigenvalue weighted by atomic mass is 16.3. The van der Waals surface area contributed by atoms with Crippen molar-refractivity contribution < 1.29 is 5.11 Å². The number of aliphatic hydroxyl groups excluding tert-OH is 1. The van der Waals surface area contributed by atoms with Crippen LogP contribution >= 0.6 is 0 Å². The van der Waals surface area contributed by atoms with E-state index in [1.165, 1.54) is 10.8 Å². The molecule has 0 aliphatic carbocycles. The van der Waals surface area contributed by atoms with Gasteiger partial charge >= 0.3 is 0 Å². The molecule has 0 saturated heterocycles. The van der Waals surface area contributed by atoms with E-state index in [4.69, 9.17) is 1.43 Å². The number of benzene rings is 2. The molecule has 0 amide bonds. The molecule has 0 unspecified atom stereocenters. The normalized spacial score (nSPS) is 11.5. The van der Waals surface area contributed by atoms with E-state index in [1.54, 1.807) is 0 Å². The minimum absolute atomic E-state index is 0.352. The number of aliphatic hydroxyl groups is 1.